The van der Waals surface area contributed by atoms with E-state index in [1.54, 1.807) is 18.2 Å². The first-order valence-electron chi connectivity index (χ1n) is 28.1. The molecule has 3 aromatic rings. The van der Waals surface area contributed by atoms with Crippen molar-refractivity contribution < 1.29 is 8.78 Å². The monoisotopic (exact) mass is 1020 g/mol. The van der Waals surface area contributed by atoms with Gasteiger partial charge in [0, 0.05) is 5.02 Å². The van der Waals surface area contributed by atoms with Gasteiger partial charge in [-0.25, -0.2) is 8.78 Å². The van der Waals surface area contributed by atoms with Gasteiger partial charge in [-0.3, -0.25) is 0 Å². The number of rotatable bonds is 6. The van der Waals surface area contributed by atoms with E-state index in [1.165, 1.54) is 108 Å². The van der Waals surface area contributed by atoms with E-state index in [-0.39, 0.29) is 27.5 Å². The molecule has 4 saturated carbocycles. The molecule has 0 unspecified atom stereocenters. The van der Waals surface area contributed by atoms with E-state index >= 15 is 0 Å². The molecule has 0 nitrogen and oxygen atoms in total. The highest BCUT2D eigenvalue weighted by atomic mass is 35.5. The van der Waals surface area contributed by atoms with Crippen molar-refractivity contribution in [2.45, 2.75) is 255 Å². The van der Waals surface area contributed by atoms with Gasteiger partial charge in [0.05, 0.1) is 5.02 Å². The van der Waals surface area contributed by atoms with Crippen LogP contribution < -0.4 is 0 Å². The molecular weight excluding hydrogens is 914 g/mol. The van der Waals surface area contributed by atoms with Crippen LogP contribution in [0.2, 0.25) is 10.0 Å². The van der Waals surface area contributed by atoms with Gasteiger partial charge in [0.2, 0.25) is 0 Å². The molecule has 4 fully saturated rings. The summed E-state index contributed by atoms with van der Waals surface area (Å²) in [5.41, 5.74) is 6.52. The molecule has 0 radical (unpaired) electrons. The fraction of sp³-hybridized carbons (Fsp3) is 0.731. The van der Waals surface area contributed by atoms with E-state index in [2.05, 4.69) is 158 Å². The standard InChI is InChI=1S/C11H14ClF.C11H15Cl.C11H15F.C10H20.C9H18.C8H16.C7H14/c1-11(2,3)7-8-4-5-9(12)10(13)6-8;1-11(2,3)8-9-4-6-10(12)7-5-9;1-11(2,3)8-9-5-4-6-10(12)7-9;1-10(2,3)8-9-6-4-5-7-9;1-9(2,3)7-8-5-4-6-8;1-8(2,3)6-7-4-5-7;1-7(2,3)6-4-5-6/h4-6H,7H2,1-3H3;2*4-7H,8H2,1-3H3;9H,4-8H2,1-3H3;8H,4-7H2,1-3H3;7H,4-6H2,1-3H3;6H,4-5H2,1-3H3. The van der Waals surface area contributed by atoms with E-state index < -0.39 is 0 Å². The zero-order valence-corrected chi connectivity index (χ0v) is 51.7. The van der Waals surface area contributed by atoms with Gasteiger partial charge >= 0.3 is 0 Å². The first kappa shape index (κ1) is 67.1. The first-order chi connectivity index (χ1) is 32.2. The number of hydrogen-bond donors (Lipinski definition) is 0. The summed E-state index contributed by atoms with van der Waals surface area (Å²) in [5, 5.41) is 1.00. The zero-order chi connectivity index (χ0) is 54.6. The fourth-order valence-electron chi connectivity index (χ4n) is 9.52. The molecule has 0 aromatic heterocycles. The van der Waals surface area contributed by atoms with Crippen molar-refractivity contribution in [1.82, 2.24) is 0 Å². The average Bonchev–Trinajstić information content (AvgIpc) is 4.10. The minimum absolute atomic E-state index is 0.142. The Morgan fingerprint density at radius 1 is 0.394 bits per heavy atom. The van der Waals surface area contributed by atoms with Crippen molar-refractivity contribution in [2.75, 3.05) is 0 Å². The second kappa shape index (κ2) is 30.0. The summed E-state index contributed by atoms with van der Waals surface area (Å²) < 4.78 is 25.8. The maximum Gasteiger partial charge on any atom is 0.142 e. The molecule has 3 aromatic carbocycles. The SMILES string of the molecule is CC(C)(C)C1CC1.CC(C)(C)CC1CC1.CC(C)(C)CC1CCC1.CC(C)(C)CC1CCCC1.CC(C)(C)Cc1ccc(Cl)c(F)c1.CC(C)(C)Cc1ccc(Cl)cc1.CC(C)(C)Cc1cccc(F)c1. The third kappa shape index (κ3) is 40.1. The highest BCUT2D eigenvalue weighted by Crippen LogP contribution is 2.44. The van der Waals surface area contributed by atoms with Crippen LogP contribution in [-0.2, 0) is 19.3 Å². The van der Waals surface area contributed by atoms with Gasteiger partial charge in [0.25, 0.3) is 0 Å². The van der Waals surface area contributed by atoms with Gasteiger partial charge in [0.15, 0.2) is 0 Å². The summed E-state index contributed by atoms with van der Waals surface area (Å²) in [6.45, 7) is 47.6. The van der Waals surface area contributed by atoms with Crippen LogP contribution in [0.1, 0.15) is 252 Å². The average molecular weight is 1030 g/mol. The van der Waals surface area contributed by atoms with E-state index in [1.807, 2.05) is 24.3 Å². The van der Waals surface area contributed by atoms with Gasteiger partial charge in [-0.05, 0) is 166 Å². The second-order valence-corrected chi connectivity index (χ2v) is 31.4. The van der Waals surface area contributed by atoms with Crippen molar-refractivity contribution in [2.24, 2.45) is 61.6 Å². The Bertz CT molecular complexity index is 1860. The highest BCUT2D eigenvalue weighted by molar-refractivity contribution is 6.30. The summed E-state index contributed by atoms with van der Waals surface area (Å²) in [7, 11) is 0. The lowest BCUT2D eigenvalue weighted by Gasteiger charge is -2.31. The molecule has 4 heteroatoms. The number of halogens is 4. The van der Waals surface area contributed by atoms with Crippen molar-refractivity contribution in [3.63, 3.8) is 0 Å². The molecule has 0 aliphatic heterocycles. The Labute approximate surface area is 450 Å². The van der Waals surface area contributed by atoms with Crippen molar-refractivity contribution in [1.29, 1.82) is 0 Å². The Morgan fingerprint density at radius 2 is 0.761 bits per heavy atom. The van der Waals surface area contributed by atoms with Gasteiger partial charge in [-0.1, -0.05) is 257 Å². The number of benzene rings is 3. The molecule has 0 saturated heterocycles. The molecular formula is C67H112Cl2F2. The van der Waals surface area contributed by atoms with Crippen LogP contribution in [0, 0.1) is 73.2 Å². The van der Waals surface area contributed by atoms with E-state index in [4.69, 9.17) is 23.2 Å². The molecule has 4 aliphatic carbocycles. The summed E-state index contributed by atoms with van der Waals surface area (Å²) in [6.07, 6.45) is 23.6. The lowest BCUT2D eigenvalue weighted by Crippen LogP contribution is -2.18. The van der Waals surface area contributed by atoms with Crippen molar-refractivity contribution in [3.8, 4) is 0 Å². The van der Waals surface area contributed by atoms with Gasteiger partial charge in [0.1, 0.15) is 11.6 Å². The molecule has 71 heavy (non-hydrogen) atoms. The van der Waals surface area contributed by atoms with Crippen LogP contribution in [-0.4, -0.2) is 0 Å². The van der Waals surface area contributed by atoms with Crippen molar-refractivity contribution >= 4 is 23.2 Å². The predicted molar refractivity (Wildman–Crippen MR) is 315 cm³/mol. The zero-order valence-electron chi connectivity index (χ0n) is 50.2. The first-order valence-corrected chi connectivity index (χ1v) is 28.9. The fourth-order valence-corrected chi connectivity index (χ4v) is 9.76. The molecule has 0 N–H and O–H groups in total. The largest absolute Gasteiger partial charge is 0.207 e. The third-order valence-corrected chi connectivity index (χ3v) is 13.4. The summed E-state index contributed by atoms with van der Waals surface area (Å²) >= 11 is 11.4. The van der Waals surface area contributed by atoms with Gasteiger partial charge in [-0.2, -0.15) is 0 Å². The molecule has 0 heterocycles. The van der Waals surface area contributed by atoms with Crippen LogP contribution in [0.3, 0.4) is 0 Å². The topological polar surface area (TPSA) is 0 Å². The van der Waals surface area contributed by atoms with E-state index in [0.717, 1.165) is 59.1 Å². The molecule has 4 aliphatic rings. The molecule has 408 valence electrons. The summed E-state index contributed by atoms with van der Waals surface area (Å²) in [4.78, 5) is 0. The van der Waals surface area contributed by atoms with Crippen LogP contribution >= 0.6 is 23.2 Å². The third-order valence-electron chi connectivity index (χ3n) is 12.9. The van der Waals surface area contributed by atoms with Crippen LogP contribution in [0.5, 0.6) is 0 Å². The Morgan fingerprint density at radius 3 is 1.04 bits per heavy atom. The van der Waals surface area contributed by atoms with Crippen LogP contribution in [0.4, 0.5) is 8.78 Å². The minimum atomic E-state index is -0.330. The second-order valence-electron chi connectivity index (χ2n) is 30.5. The van der Waals surface area contributed by atoms with Crippen molar-refractivity contribution in [3.05, 3.63) is 105 Å². The Hall–Kier alpha value is -1.90. The predicted octanol–water partition coefficient (Wildman–Crippen LogP) is 23.5. The van der Waals surface area contributed by atoms with E-state index in [0.29, 0.717) is 27.1 Å². The molecule has 7 rings (SSSR count). The number of hydrogen-bond acceptors (Lipinski definition) is 0. The maximum atomic E-state index is 13.0. The molecule has 0 amide bonds. The van der Waals surface area contributed by atoms with Gasteiger partial charge < -0.3 is 0 Å². The normalized spacial score (nSPS) is 16.6. The maximum absolute atomic E-state index is 13.0. The summed E-state index contributed by atoms with van der Waals surface area (Å²) in [6, 6.07) is 19.9. The minimum Gasteiger partial charge on any atom is -0.207 e. The molecule has 0 spiro atoms. The van der Waals surface area contributed by atoms with E-state index in [9.17, 15) is 8.78 Å². The molecule has 0 bridgehead atoms. The van der Waals surface area contributed by atoms with Crippen LogP contribution in [0.25, 0.3) is 0 Å². The Balaban J connectivity index is 0.000000418. The smallest absolute Gasteiger partial charge is 0.142 e. The Kier molecular flexibility index (Phi) is 28.4. The lowest BCUT2D eigenvalue weighted by molar-refractivity contribution is 0.207. The lowest BCUT2D eigenvalue weighted by atomic mass is 9.74. The highest BCUT2D eigenvalue weighted by Gasteiger charge is 2.33. The van der Waals surface area contributed by atoms with Gasteiger partial charge in [-0.15, -0.1) is 0 Å². The molecule has 0 atom stereocenters. The van der Waals surface area contributed by atoms with Crippen LogP contribution in [0.15, 0.2) is 66.7 Å². The summed E-state index contributed by atoms with van der Waals surface area (Å²) in [5.74, 6) is 3.80. The quantitative estimate of drug-likeness (QED) is 0.231.